The van der Waals surface area contributed by atoms with E-state index in [2.05, 4.69) is 4.98 Å². The molecule has 0 radical (unpaired) electrons. The highest BCUT2D eigenvalue weighted by Gasteiger charge is 2.21. The summed E-state index contributed by atoms with van der Waals surface area (Å²) in [4.78, 5) is 3.41. The Morgan fingerprint density at radius 1 is 1.32 bits per heavy atom. The summed E-state index contributed by atoms with van der Waals surface area (Å²) in [7, 11) is -5.01. The Labute approximate surface area is 111 Å². The van der Waals surface area contributed by atoms with Gasteiger partial charge in [-0.25, -0.2) is 35.2 Å². The molecule has 0 aliphatic carbocycles. The molecule has 0 fully saturated rings. The smallest absolute Gasteiger partial charge is 0.241 e. The van der Waals surface area contributed by atoms with Crippen LogP contribution in [0.4, 0.5) is 4.39 Å². The number of aromatic nitrogens is 1. The second-order valence-corrected chi connectivity index (χ2v) is 7.77. The van der Waals surface area contributed by atoms with Crippen molar-refractivity contribution in [3.8, 4) is 0 Å². The van der Waals surface area contributed by atoms with Crippen molar-refractivity contribution in [2.45, 2.75) is 5.03 Å². The van der Waals surface area contributed by atoms with E-state index in [1.807, 2.05) is 4.72 Å². The molecule has 0 saturated heterocycles. The first-order chi connectivity index (χ1) is 8.67. The van der Waals surface area contributed by atoms with E-state index in [9.17, 15) is 21.2 Å². The largest absolute Gasteiger partial charge is 0.261 e. The fourth-order valence-corrected chi connectivity index (χ4v) is 3.01. The molecule has 0 bridgehead atoms. The zero-order chi connectivity index (χ0) is 14.7. The van der Waals surface area contributed by atoms with Crippen molar-refractivity contribution < 1.29 is 21.2 Å². The summed E-state index contributed by atoms with van der Waals surface area (Å²) in [5.41, 5.74) is 0. The van der Waals surface area contributed by atoms with Gasteiger partial charge >= 0.3 is 0 Å². The summed E-state index contributed by atoms with van der Waals surface area (Å²) in [5, 5.41) is -0.753. The van der Waals surface area contributed by atoms with Crippen LogP contribution in [0.2, 0.25) is 0 Å². The van der Waals surface area contributed by atoms with Crippen molar-refractivity contribution in [2.75, 3.05) is 26.4 Å². The summed E-state index contributed by atoms with van der Waals surface area (Å²) in [5.74, 6) is -1.42. The number of hydrogen-bond donors (Lipinski definition) is 1. The van der Waals surface area contributed by atoms with Gasteiger partial charge in [-0.1, -0.05) is 0 Å². The number of nitrogens with zero attached hydrogens (tertiary/aromatic N) is 2. The fraction of sp³-hybridized carbons (Fsp3) is 0.444. The average Bonchev–Trinajstić information content (AvgIpc) is 2.28. The predicted octanol–water partition coefficient (Wildman–Crippen LogP) is -0.610. The summed E-state index contributed by atoms with van der Waals surface area (Å²) in [6, 6.07) is 2.21. The highest BCUT2D eigenvalue weighted by atomic mass is 32.2. The van der Waals surface area contributed by atoms with Crippen LogP contribution in [0.15, 0.2) is 23.4 Å². The second kappa shape index (κ2) is 5.90. The van der Waals surface area contributed by atoms with Crippen molar-refractivity contribution in [3.05, 3.63) is 24.1 Å². The number of pyridine rings is 1. The third-order valence-corrected chi connectivity index (χ3v) is 5.41. The van der Waals surface area contributed by atoms with E-state index in [0.29, 0.717) is 0 Å². The van der Waals surface area contributed by atoms with E-state index in [1.54, 1.807) is 0 Å². The summed E-state index contributed by atoms with van der Waals surface area (Å²) in [6.07, 6.45) is 1.13. The number of halogens is 1. The summed E-state index contributed by atoms with van der Waals surface area (Å²) in [6.45, 7) is -0.362. The van der Waals surface area contributed by atoms with Gasteiger partial charge in [0.1, 0.15) is 0 Å². The topological polar surface area (TPSA) is 96.4 Å². The maximum atomic E-state index is 13.3. The minimum Gasteiger partial charge on any atom is -0.241 e. The van der Waals surface area contributed by atoms with Crippen molar-refractivity contribution in [3.63, 3.8) is 0 Å². The van der Waals surface area contributed by atoms with Gasteiger partial charge in [0.2, 0.25) is 15.0 Å². The Morgan fingerprint density at radius 3 is 2.47 bits per heavy atom. The maximum absolute atomic E-state index is 13.3. The molecular formula is C9H14FN3O4S2. The second-order valence-electron chi connectivity index (χ2n) is 3.79. The summed E-state index contributed by atoms with van der Waals surface area (Å²) < 4.78 is 62.4. The van der Waals surface area contributed by atoms with E-state index in [0.717, 1.165) is 16.6 Å². The first kappa shape index (κ1) is 16.0. The van der Waals surface area contributed by atoms with Gasteiger partial charge < -0.3 is 0 Å². The molecule has 0 atom stereocenters. The molecule has 0 amide bonds. The minimum absolute atomic E-state index is 0.362. The number of sulfonamides is 2. The van der Waals surface area contributed by atoms with Gasteiger partial charge in [-0.2, -0.15) is 0 Å². The average molecular weight is 311 g/mol. The van der Waals surface area contributed by atoms with Crippen LogP contribution in [0, 0.1) is 5.82 Å². The molecule has 7 nitrogen and oxygen atoms in total. The van der Waals surface area contributed by atoms with Crippen LogP contribution < -0.4 is 4.72 Å². The Hall–Kier alpha value is -1.10. The van der Waals surface area contributed by atoms with Crippen molar-refractivity contribution >= 4 is 20.0 Å². The third kappa shape index (κ3) is 4.20. The fourth-order valence-electron chi connectivity index (χ4n) is 1.12. The molecule has 0 aromatic carbocycles. The monoisotopic (exact) mass is 311 g/mol. The van der Waals surface area contributed by atoms with Gasteiger partial charge in [0, 0.05) is 26.8 Å². The zero-order valence-corrected chi connectivity index (χ0v) is 12.0. The molecule has 108 valence electrons. The quantitative estimate of drug-likeness (QED) is 0.756. The molecule has 1 aromatic heterocycles. The highest BCUT2D eigenvalue weighted by molar-refractivity contribution is 7.90. The molecule has 0 aliphatic rings. The van der Waals surface area contributed by atoms with Crippen molar-refractivity contribution in [1.29, 1.82) is 0 Å². The number of hydrogen-bond acceptors (Lipinski definition) is 5. The molecule has 0 saturated carbocycles. The molecule has 1 aromatic rings. The minimum atomic E-state index is -4.16. The Kier molecular flexibility index (Phi) is 4.96. The summed E-state index contributed by atoms with van der Waals surface area (Å²) >= 11 is 0. The van der Waals surface area contributed by atoms with Crippen LogP contribution >= 0.6 is 0 Å². The third-order valence-electron chi connectivity index (χ3n) is 2.19. The van der Waals surface area contributed by atoms with E-state index < -0.39 is 36.6 Å². The van der Waals surface area contributed by atoms with Crippen LogP contribution in [0.1, 0.15) is 0 Å². The van der Waals surface area contributed by atoms with Crippen molar-refractivity contribution in [1.82, 2.24) is 14.0 Å². The lowest BCUT2D eigenvalue weighted by Gasteiger charge is -2.11. The van der Waals surface area contributed by atoms with Crippen LogP contribution in [0.25, 0.3) is 0 Å². The lowest BCUT2D eigenvalue weighted by atomic mass is 10.5. The molecule has 10 heteroatoms. The van der Waals surface area contributed by atoms with Crippen molar-refractivity contribution in [2.24, 2.45) is 0 Å². The Balaban J connectivity index is 2.76. The highest BCUT2D eigenvalue weighted by Crippen LogP contribution is 2.09. The maximum Gasteiger partial charge on any atom is 0.261 e. The molecular weight excluding hydrogens is 297 g/mol. The van der Waals surface area contributed by atoms with Gasteiger partial charge in [-0.05, 0) is 12.1 Å². The lowest BCUT2D eigenvalue weighted by molar-refractivity contribution is 0.519. The van der Waals surface area contributed by atoms with Gasteiger partial charge in [0.15, 0.2) is 5.82 Å². The molecule has 1 heterocycles. The molecule has 0 aliphatic heterocycles. The van der Waals surface area contributed by atoms with E-state index in [1.165, 1.54) is 20.2 Å². The van der Waals surface area contributed by atoms with E-state index in [-0.39, 0.29) is 6.54 Å². The van der Waals surface area contributed by atoms with E-state index in [4.69, 9.17) is 0 Å². The predicted molar refractivity (Wildman–Crippen MR) is 66.9 cm³/mol. The Bertz CT molecular complexity index is 643. The molecule has 19 heavy (non-hydrogen) atoms. The first-order valence-electron chi connectivity index (χ1n) is 5.17. The lowest BCUT2D eigenvalue weighted by Crippen LogP contribution is -2.34. The van der Waals surface area contributed by atoms with Crippen LogP contribution in [0.5, 0.6) is 0 Å². The molecule has 1 rings (SSSR count). The van der Waals surface area contributed by atoms with Gasteiger partial charge in [0.05, 0.1) is 5.75 Å². The SMILES string of the molecule is CN(C)S(=O)(=O)CCNS(=O)(=O)c1ncccc1F. The van der Waals surface area contributed by atoms with Crippen LogP contribution in [0.3, 0.4) is 0 Å². The standard InChI is InChI=1S/C9H14FN3O4S2/c1-13(2)18(14,15)7-6-12-19(16,17)9-8(10)4-3-5-11-9/h3-5,12H,6-7H2,1-2H3. The zero-order valence-electron chi connectivity index (χ0n) is 10.4. The van der Waals surface area contributed by atoms with Gasteiger partial charge in [-0.15, -0.1) is 0 Å². The number of rotatable bonds is 6. The van der Waals surface area contributed by atoms with Crippen LogP contribution in [-0.4, -0.2) is 52.5 Å². The van der Waals surface area contributed by atoms with Crippen LogP contribution in [-0.2, 0) is 20.0 Å². The molecule has 1 N–H and O–H groups in total. The Morgan fingerprint density at radius 2 is 1.95 bits per heavy atom. The molecule has 0 unspecified atom stereocenters. The van der Waals surface area contributed by atoms with E-state index >= 15 is 0 Å². The number of nitrogens with one attached hydrogen (secondary N) is 1. The van der Waals surface area contributed by atoms with Gasteiger partial charge in [-0.3, -0.25) is 0 Å². The normalized spacial score (nSPS) is 12.8. The van der Waals surface area contributed by atoms with Gasteiger partial charge in [0.25, 0.3) is 10.0 Å². The molecule has 0 spiro atoms. The first-order valence-corrected chi connectivity index (χ1v) is 8.26.